The Hall–Kier alpha value is -5.12. The molecule has 0 spiro atoms. The van der Waals surface area contributed by atoms with Gasteiger partial charge in [0, 0.05) is 41.9 Å². The van der Waals surface area contributed by atoms with Crippen molar-refractivity contribution in [3.05, 3.63) is 90.8 Å². The second kappa shape index (κ2) is 10.6. The first kappa shape index (κ1) is 23.6. The number of aromatic nitrogens is 4. The third-order valence-corrected chi connectivity index (χ3v) is 5.58. The van der Waals surface area contributed by atoms with Crippen LogP contribution < -0.4 is 24.8 Å². The third-order valence-electron chi connectivity index (χ3n) is 5.58. The Labute approximate surface area is 212 Å². The van der Waals surface area contributed by atoms with Gasteiger partial charge in [0.25, 0.3) is 5.91 Å². The van der Waals surface area contributed by atoms with Crippen molar-refractivity contribution in [2.45, 2.75) is 6.54 Å². The molecule has 0 aliphatic carbocycles. The van der Waals surface area contributed by atoms with Crippen LogP contribution in [0.15, 0.2) is 79.4 Å². The number of benzene rings is 2. The van der Waals surface area contributed by atoms with E-state index in [2.05, 4.69) is 30.6 Å². The number of hydrogen-bond acceptors (Lipinski definition) is 8. The van der Waals surface area contributed by atoms with Crippen LogP contribution in [0, 0.1) is 0 Å². The van der Waals surface area contributed by atoms with Crippen molar-refractivity contribution in [1.29, 1.82) is 0 Å². The molecule has 0 radical (unpaired) electrons. The number of nitrogens with zero attached hydrogens (tertiary/aromatic N) is 3. The topological polar surface area (TPSA) is 123 Å². The van der Waals surface area contributed by atoms with Crippen LogP contribution in [0.2, 0.25) is 0 Å². The van der Waals surface area contributed by atoms with Gasteiger partial charge in [-0.25, -0.2) is 9.97 Å². The fraction of sp³-hybridized carbons (Fsp3) is 0.111. The second-order valence-corrected chi connectivity index (χ2v) is 7.90. The first-order valence-corrected chi connectivity index (χ1v) is 11.4. The number of anilines is 2. The Morgan fingerprint density at radius 3 is 2.46 bits per heavy atom. The SMILES string of the molecule is COc1cc2nccc(Oc3ccc(Nc4ncccc4C(=O)NCc4ncc[nH]4)cc3)c2cc1OC. The zero-order chi connectivity index (χ0) is 25.6. The van der Waals surface area contributed by atoms with Crippen LogP contribution in [0.3, 0.4) is 0 Å². The molecule has 0 unspecified atom stereocenters. The normalized spacial score (nSPS) is 10.6. The average Bonchev–Trinajstić information content (AvgIpc) is 3.46. The predicted octanol–water partition coefficient (Wildman–Crippen LogP) is 4.84. The molecule has 0 saturated heterocycles. The maximum absolute atomic E-state index is 12.7. The third kappa shape index (κ3) is 5.27. The van der Waals surface area contributed by atoms with Crippen molar-refractivity contribution < 1.29 is 19.0 Å². The van der Waals surface area contributed by atoms with E-state index in [4.69, 9.17) is 14.2 Å². The molecule has 37 heavy (non-hydrogen) atoms. The molecule has 10 heteroatoms. The van der Waals surface area contributed by atoms with E-state index in [-0.39, 0.29) is 12.5 Å². The molecule has 0 aliphatic rings. The summed E-state index contributed by atoms with van der Waals surface area (Å²) in [6.45, 7) is 0.286. The number of carbonyl (C=O) groups excluding carboxylic acids is 1. The number of pyridine rings is 2. The van der Waals surface area contributed by atoms with Gasteiger partial charge in [0.1, 0.15) is 23.1 Å². The molecule has 186 valence electrons. The van der Waals surface area contributed by atoms with Crippen molar-refractivity contribution in [3.8, 4) is 23.0 Å². The van der Waals surface area contributed by atoms with Crippen LogP contribution in [0.5, 0.6) is 23.0 Å². The van der Waals surface area contributed by atoms with Crippen LogP contribution in [-0.2, 0) is 6.54 Å². The summed E-state index contributed by atoms with van der Waals surface area (Å²) in [4.78, 5) is 28.5. The number of hydrogen-bond donors (Lipinski definition) is 3. The van der Waals surface area contributed by atoms with Gasteiger partial charge in [-0.05, 0) is 48.5 Å². The first-order valence-electron chi connectivity index (χ1n) is 11.4. The highest BCUT2D eigenvalue weighted by Gasteiger charge is 2.14. The number of carbonyl (C=O) groups is 1. The molecule has 5 rings (SSSR count). The van der Waals surface area contributed by atoms with Crippen molar-refractivity contribution in [1.82, 2.24) is 25.3 Å². The quantitative estimate of drug-likeness (QED) is 0.265. The number of nitrogens with one attached hydrogen (secondary N) is 3. The standard InChI is InChI=1S/C27H24N6O4/c1-35-23-14-20-21(15-24(23)36-2)28-11-9-22(20)37-18-7-5-17(6-8-18)33-26-19(4-3-10-31-26)27(34)32-16-25-29-12-13-30-25/h3-15H,16H2,1-2H3,(H,29,30)(H,31,33)(H,32,34). The molecule has 0 bridgehead atoms. The summed E-state index contributed by atoms with van der Waals surface area (Å²) in [6.07, 6.45) is 6.65. The van der Waals surface area contributed by atoms with E-state index in [0.717, 1.165) is 16.6 Å². The maximum atomic E-state index is 12.7. The van der Waals surface area contributed by atoms with Crippen molar-refractivity contribution >= 4 is 28.3 Å². The van der Waals surface area contributed by atoms with Gasteiger partial charge in [0.15, 0.2) is 11.5 Å². The molecule has 1 amide bonds. The number of methoxy groups -OCH3 is 2. The van der Waals surface area contributed by atoms with Crippen molar-refractivity contribution in [2.24, 2.45) is 0 Å². The van der Waals surface area contributed by atoms with E-state index in [1.54, 1.807) is 57.2 Å². The molecule has 3 aromatic heterocycles. The van der Waals surface area contributed by atoms with E-state index in [1.807, 2.05) is 36.4 Å². The summed E-state index contributed by atoms with van der Waals surface area (Å²) in [7, 11) is 3.17. The lowest BCUT2D eigenvalue weighted by Gasteiger charge is -2.13. The van der Waals surface area contributed by atoms with Gasteiger partial charge in [-0.1, -0.05) is 0 Å². The summed E-state index contributed by atoms with van der Waals surface area (Å²) in [5.74, 6) is 3.29. The smallest absolute Gasteiger partial charge is 0.255 e. The van der Waals surface area contributed by atoms with Gasteiger partial charge < -0.3 is 29.8 Å². The van der Waals surface area contributed by atoms with Gasteiger partial charge in [0.05, 0.1) is 31.8 Å². The molecule has 3 heterocycles. The van der Waals surface area contributed by atoms with Crippen LogP contribution in [0.1, 0.15) is 16.2 Å². The highest BCUT2D eigenvalue weighted by molar-refractivity contribution is 5.99. The van der Waals surface area contributed by atoms with Gasteiger partial charge in [-0.15, -0.1) is 0 Å². The number of aromatic amines is 1. The molecule has 0 saturated carbocycles. The van der Waals surface area contributed by atoms with E-state index >= 15 is 0 Å². The van der Waals surface area contributed by atoms with E-state index in [0.29, 0.717) is 40.2 Å². The summed E-state index contributed by atoms with van der Waals surface area (Å²) in [5, 5.41) is 6.84. The summed E-state index contributed by atoms with van der Waals surface area (Å²) in [5.41, 5.74) is 1.89. The number of ether oxygens (including phenoxy) is 3. The minimum absolute atomic E-state index is 0.261. The van der Waals surface area contributed by atoms with Crippen molar-refractivity contribution in [2.75, 3.05) is 19.5 Å². The van der Waals surface area contributed by atoms with Crippen LogP contribution in [0.25, 0.3) is 10.9 Å². The lowest BCUT2D eigenvalue weighted by atomic mass is 10.2. The fourth-order valence-electron chi connectivity index (χ4n) is 3.75. The Balaban J connectivity index is 1.31. The van der Waals surface area contributed by atoms with Crippen LogP contribution in [0.4, 0.5) is 11.5 Å². The van der Waals surface area contributed by atoms with Gasteiger partial charge in [0.2, 0.25) is 0 Å². The molecule has 2 aromatic carbocycles. The number of fused-ring (bicyclic) bond motifs is 1. The number of H-pyrrole nitrogens is 1. The largest absolute Gasteiger partial charge is 0.493 e. The predicted molar refractivity (Wildman–Crippen MR) is 139 cm³/mol. The molecule has 3 N–H and O–H groups in total. The molecule has 0 fully saturated rings. The van der Waals surface area contributed by atoms with E-state index < -0.39 is 0 Å². The summed E-state index contributed by atoms with van der Waals surface area (Å²) in [6, 6.07) is 16.2. The number of imidazole rings is 1. The van der Waals surface area contributed by atoms with Crippen LogP contribution in [-0.4, -0.2) is 40.1 Å². The minimum Gasteiger partial charge on any atom is -0.493 e. The summed E-state index contributed by atoms with van der Waals surface area (Å²) < 4.78 is 16.9. The monoisotopic (exact) mass is 496 g/mol. The van der Waals surface area contributed by atoms with E-state index in [9.17, 15) is 4.79 Å². The highest BCUT2D eigenvalue weighted by atomic mass is 16.5. The second-order valence-electron chi connectivity index (χ2n) is 7.90. The lowest BCUT2D eigenvalue weighted by Crippen LogP contribution is -2.24. The van der Waals surface area contributed by atoms with E-state index in [1.165, 1.54) is 0 Å². The Bertz CT molecular complexity index is 1520. The Morgan fingerprint density at radius 2 is 1.70 bits per heavy atom. The zero-order valence-corrected chi connectivity index (χ0v) is 20.2. The molecule has 5 aromatic rings. The van der Waals surface area contributed by atoms with Crippen LogP contribution >= 0.6 is 0 Å². The Kier molecular flexibility index (Phi) is 6.80. The molecule has 10 nitrogen and oxygen atoms in total. The molecular formula is C27H24N6O4. The average molecular weight is 497 g/mol. The van der Waals surface area contributed by atoms with Gasteiger partial charge in [-0.3, -0.25) is 9.78 Å². The lowest BCUT2D eigenvalue weighted by molar-refractivity contribution is 0.0950. The van der Waals surface area contributed by atoms with Gasteiger partial charge in [-0.2, -0.15) is 0 Å². The Morgan fingerprint density at radius 1 is 0.892 bits per heavy atom. The van der Waals surface area contributed by atoms with Crippen molar-refractivity contribution in [3.63, 3.8) is 0 Å². The minimum atomic E-state index is -0.261. The molecule has 0 atom stereocenters. The molecule has 0 aliphatic heterocycles. The number of rotatable bonds is 9. The first-order chi connectivity index (χ1) is 18.1. The highest BCUT2D eigenvalue weighted by Crippen LogP contribution is 2.37. The number of amides is 1. The summed E-state index contributed by atoms with van der Waals surface area (Å²) >= 11 is 0. The fourth-order valence-corrected chi connectivity index (χ4v) is 3.75. The molecular weight excluding hydrogens is 472 g/mol. The zero-order valence-electron chi connectivity index (χ0n) is 20.2. The maximum Gasteiger partial charge on any atom is 0.255 e. The van der Waals surface area contributed by atoms with Gasteiger partial charge >= 0.3 is 0 Å².